The van der Waals surface area contributed by atoms with Crippen LogP contribution in [0.5, 0.6) is 0 Å². The van der Waals surface area contributed by atoms with Gasteiger partial charge in [-0.1, -0.05) is 6.92 Å². The summed E-state index contributed by atoms with van der Waals surface area (Å²) in [5.41, 5.74) is -1.37. The normalized spacial score (nSPS) is 12.9. The van der Waals surface area contributed by atoms with Gasteiger partial charge in [-0.3, -0.25) is 4.98 Å². The highest BCUT2D eigenvalue weighted by Gasteiger charge is 2.59. The zero-order chi connectivity index (χ0) is 29.2. The maximum absolute atomic E-state index is 14.0. The molecule has 0 aliphatic heterocycles. The van der Waals surface area contributed by atoms with E-state index in [1.165, 1.54) is 59.5 Å². The van der Waals surface area contributed by atoms with Crippen LogP contribution in [-0.4, -0.2) is 59.2 Å². The molecular formula is C23H18F6N8O2S. The van der Waals surface area contributed by atoms with E-state index in [9.17, 15) is 34.8 Å². The standard InChI is InChI=1S/C23H18F6N8O2S/c1-4-40(38,39)21-17(20-33-16-5-13(8-31-19(16)35(20)2)22(25,26)23(27,28)29)34-18(36(21)3)12-7-32-37(11-12)15-6-14(24)9-30-10-15/h5-11H,4H2,1-3H3. The molecule has 0 aromatic carbocycles. The minimum atomic E-state index is -5.86. The Bertz CT molecular complexity index is 1870. The smallest absolute Gasteiger partial charge is 0.318 e. The summed E-state index contributed by atoms with van der Waals surface area (Å²) in [5, 5.41) is 3.88. The topological polar surface area (TPSA) is 113 Å². The van der Waals surface area contributed by atoms with Crippen molar-refractivity contribution < 1.29 is 34.8 Å². The Kier molecular flexibility index (Phi) is 6.24. The number of imidazole rings is 2. The van der Waals surface area contributed by atoms with Gasteiger partial charge in [-0.2, -0.15) is 27.1 Å². The third-order valence-electron chi connectivity index (χ3n) is 6.15. The summed E-state index contributed by atoms with van der Waals surface area (Å²) >= 11 is 0. The molecule has 0 N–H and O–H groups in total. The summed E-state index contributed by atoms with van der Waals surface area (Å²) in [4.78, 5) is 16.1. The lowest BCUT2D eigenvalue weighted by atomic mass is 10.1. The van der Waals surface area contributed by atoms with E-state index in [1.807, 2.05) is 0 Å². The number of aromatic nitrogens is 8. The zero-order valence-corrected chi connectivity index (χ0v) is 21.6. The highest BCUT2D eigenvalue weighted by atomic mass is 32.2. The third kappa shape index (κ3) is 4.29. The van der Waals surface area contributed by atoms with Gasteiger partial charge in [-0.05, 0) is 6.07 Å². The van der Waals surface area contributed by atoms with Crippen LogP contribution in [0.25, 0.3) is 39.8 Å². The van der Waals surface area contributed by atoms with Gasteiger partial charge in [-0.25, -0.2) is 32.4 Å². The molecule has 5 aromatic heterocycles. The average Bonchev–Trinajstić information content (AvgIpc) is 3.59. The van der Waals surface area contributed by atoms with Crippen molar-refractivity contribution in [3.63, 3.8) is 0 Å². The highest BCUT2D eigenvalue weighted by Crippen LogP contribution is 2.44. The summed E-state index contributed by atoms with van der Waals surface area (Å²) in [6.45, 7) is 1.41. The van der Waals surface area contributed by atoms with Crippen LogP contribution < -0.4 is 0 Å². The molecule has 0 atom stereocenters. The second kappa shape index (κ2) is 9.14. The molecule has 0 radical (unpaired) electrons. The van der Waals surface area contributed by atoms with E-state index in [2.05, 4.69) is 25.0 Å². The molecule has 17 heteroatoms. The molecule has 0 unspecified atom stereocenters. The third-order valence-corrected chi connectivity index (χ3v) is 7.97. The Hall–Kier alpha value is -4.28. The Morgan fingerprint density at radius 3 is 2.30 bits per heavy atom. The van der Waals surface area contributed by atoms with E-state index in [0.29, 0.717) is 17.8 Å². The second-order valence-corrected chi connectivity index (χ2v) is 10.9. The van der Waals surface area contributed by atoms with Gasteiger partial charge in [0.25, 0.3) is 0 Å². The van der Waals surface area contributed by atoms with Crippen LogP contribution in [0.4, 0.5) is 26.3 Å². The summed E-state index contributed by atoms with van der Waals surface area (Å²) in [6.07, 6.45) is -0.262. The van der Waals surface area contributed by atoms with E-state index in [-0.39, 0.29) is 45.0 Å². The minimum Gasteiger partial charge on any atom is -0.318 e. The number of sulfone groups is 1. The summed E-state index contributed by atoms with van der Waals surface area (Å²) in [5.74, 6) is -6.14. The van der Waals surface area contributed by atoms with E-state index in [4.69, 9.17) is 0 Å². The van der Waals surface area contributed by atoms with Crippen molar-refractivity contribution in [1.29, 1.82) is 0 Å². The minimum absolute atomic E-state index is 0.0739. The number of halogens is 6. The molecule has 210 valence electrons. The van der Waals surface area contributed by atoms with Gasteiger partial charge < -0.3 is 9.13 Å². The molecule has 0 amide bonds. The first-order chi connectivity index (χ1) is 18.7. The van der Waals surface area contributed by atoms with Crippen LogP contribution in [0.15, 0.2) is 48.1 Å². The fourth-order valence-electron chi connectivity index (χ4n) is 4.11. The molecule has 40 heavy (non-hydrogen) atoms. The zero-order valence-electron chi connectivity index (χ0n) is 20.8. The van der Waals surface area contributed by atoms with Crippen LogP contribution in [0.2, 0.25) is 0 Å². The first-order valence-corrected chi connectivity index (χ1v) is 13.0. The van der Waals surface area contributed by atoms with Gasteiger partial charge >= 0.3 is 12.1 Å². The lowest BCUT2D eigenvalue weighted by Gasteiger charge is -2.19. The second-order valence-electron chi connectivity index (χ2n) is 8.72. The molecule has 0 spiro atoms. The first-order valence-electron chi connectivity index (χ1n) is 11.4. The van der Waals surface area contributed by atoms with Crippen LogP contribution in [-0.2, 0) is 29.9 Å². The van der Waals surface area contributed by atoms with E-state index in [0.717, 1.165) is 6.20 Å². The quantitative estimate of drug-likeness (QED) is 0.275. The van der Waals surface area contributed by atoms with Crippen LogP contribution in [0, 0.1) is 5.82 Å². The number of nitrogens with zero attached hydrogens (tertiary/aromatic N) is 8. The Morgan fingerprint density at radius 2 is 1.65 bits per heavy atom. The molecule has 0 aliphatic carbocycles. The van der Waals surface area contributed by atoms with Crippen LogP contribution in [0.1, 0.15) is 12.5 Å². The molecule has 10 nitrogen and oxygen atoms in total. The first kappa shape index (κ1) is 27.3. The molecule has 0 fully saturated rings. The fourth-order valence-corrected chi connectivity index (χ4v) is 5.32. The molecule has 5 heterocycles. The molecule has 0 bridgehead atoms. The number of hydrogen-bond acceptors (Lipinski definition) is 7. The van der Waals surface area contributed by atoms with Gasteiger partial charge in [0.05, 0.1) is 41.2 Å². The summed E-state index contributed by atoms with van der Waals surface area (Å²) < 4.78 is 110. The van der Waals surface area contributed by atoms with Gasteiger partial charge in [0.1, 0.15) is 22.9 Å². The van der Waals surface area contributed by atoms with Crippen molar-refractivity contribution in [2.24, 2.45) is 14.1 Å². The van der Waals surface area contributed by atoms with Crippen molar-refractivity contribution in [2.45, 2.75) is 24.0 Å². The number of hydrogen-bond donors (Lipinski definition) is 0. The van der Waals surface area contributed by atoms with Crippen LogP contribution >= 0.6 is 0 Å². The van der Waals surface area contributed by atoms with E-state index in [1.54, 1.807) is 0 Å². The summed E-state index contributed by atoms with van der Waals surface area (Å²) in [6, 6.07) is 1.73. The Morgan fingerprint density at radius 1 is 0.925 bits per heavy atom. The van der Waals surface area contributed by atoms with Crippen molar-refractivity contribution in [1.82, 2.24) is 38.9 Å². The molecule has 0 aliphatic rings. The van der Waals surface area contributed by atoms with Crippen LogP contribution in [0.3, 0.4) is 0 Å². The van der Waals surface area contributed by atoms with Crippen molar-refractivity contribution in [2.75, 3.05) is 5.75 Å². The Labute approximate surface area is 221 Å². The molecular weight excluding hydrogens is 566 g/mol. The average molecular weight is 585 g/mol. The van der Waals surface area contributed by atoms with Crippen molar-refractivity contribution in [3.8, 4) is 28.6 Å². The number of aryl methyl sites for hydroxylation is 1. The van der Waals surface area contributed by atoms with Crippen molar-refractivity contribution in [3.05, 3.63) is 54.5 Å². The van der Waals surface area contributed by atoms with Gasteiger partial charge in [0, 0.05) is 32.6 Å². The van der Waals surface area contributed by atoms with Gasteiger partial charge in [-0.15, -0.1) is 0 Å². The molecule has 5 aromatic rings. The maximum atomic E-state index is 14.0. The van der Waals surface area contributed by atoms with E-state index < -0.39 is 33.3 Å². The summed E-state index contributed by atoms with van der Waals surface area (Å²) in [7, 11) is -1.16. The SMILES string of the molecule is CCS(=O)(=O)c1c(-c2nc3cc(C(F)(F)C(F)(F)F)cnc3n2C)nc(-c2cnn(-c3cncc(F)c3)c2)n1C. The van der Waals surface area contributed by atoms with Gasteiger partial charge in [0.15, 0.2) is 26.3 Å². The number of fused-ring (bicyclic) bond motifs is 1. The van der Waals surface area contributed by atoms with Crippen molar-refractivity contribution >= 4 is 21.0 Å². The largest absolute Gasteiger partial charge is 0.458 e. The Balaban J connectivity index is 1.69. The predicted molar refractivity (Wildman–Crippen MR) is 129 cm³/mol. The molecule has 5 rings (SSSR count). The monoisotopic (exact) mass is 584 g/mol. The highest BCUT2D eigenvalue weighted by molar-refractivity contribution is 7.91. The lowest BCUT2D eigenvalue weighted by molar-refractivity contribution is -0.289. The fraction of sp³-hybridized carbons (Fsp3) is 0.261. The van der Waals surface area contributed by atoms with Gasteiger partial charge in [0.2, 0.25) is 0 Å². The predicted octanol–water partition coefficient (Wildman–Crippen LogP) is 4.20. The molecule has 0 saturated carbocycles. The van der Waals surface area contributed by atoms with E-state index >= 15 is 0 Å². The lowest BCUT2D eigenvalue weighted by Crippen LogP contribution is -2.33. The number of pyridine rings is 2. The number of alkyl halides is 5. The molecule has 0 saturated heterocycles. The maximum Gasteiger partial charge on any atom is 0.458 e. The number of rotatable bonds is 6.